The molecule has 1 fully saturated rings. The van der Waals surface area contributed by atoms with Crippen molar-refractivity contribution >= 4 is 18.3 Å². The average Bonchev–Trinajstić information content (AvgIpc) is 3.39. The van der Waals surface area contributed by atoms with E-state index in [0.29, 0.717) is 36.0 Å². The number of hydrogen-bond donors (Lipinski definition) is 0. The molecule has 0 unspecified atom stereocenters. The fourth-order valence-corrected chi connectivity index (χ4v) is 5.50. The Balaban J connectivity index is 1.35. The van der Waals surface area contributed by atoms with Gasteiger partial charge < -0.3 is 14.4 Å². The molecule has 0 bridgehead atoms. The van der Waals surface area contributed by atoms with Crippen LogP contribution in [-0.2, 0) is 32.2 Å². The van der Waals surface area contributed by atoms with E-state index in [4.69, 9.17) is 9.47 Å². The van der Waals surface area contributed by atoms with Gasteiger partial charge >= 0.3 is 11.9 Å². The molecule has 0 radical (unpaired) electrons. The lowest BCUT2D eigenvalue weighted by Gasteiger charge is -2.42. The van der Waals surface area contributed by atoms with Crippen LogP contribution < -0.4 is 0 Å². The molecule has 4 rings (SSSR count). The van der Waals surface area contributed by atoms with Crippen LogP contribution >= 0.6 is 0 Å². The van der Waals surface area contributed by atoms with Gasteiger partial charge in [-0.15, -0.1) is 6.58 Å². The summed E-state index contributed by atoms with van der Waals surface area (Å²) in [6.07, 6.45) is 7.81. The summed E-state index contributed by atoms with van der Waals surface area (Å²) >= 11 is 0. The minimum absolute atomic E-state index is 0.0161. The van der Waals surface area contributed by atoms with E-state index in [-0.39, 0.29) is 24.0 Å². The van der Waals surface area contributed by atoms with E-state index in [9.17, 15) is 14.4 Å². The lowest BCUT2D eigenvalue weighted by Crippen LogP contribution is -2.39. The highest BCUT2D eigenvalue weighted by Crippen LogP contribution is 2.42. The SMILES string of the molecule is C=CC1(CCN(C=O)C2=C(C)C(=O)OC2)CCC(N(C)Cc2ccc3c(c2C)COC3=O)CC1. The molecule has 2 aliphatic heterocycles. The highest BCUT2D eigenvalue weighted by atomic mass is 16.5. The number of benzene rings is 1. The van der Waals surface area contributed by atoms with Crippen LogP contribution in [0.2, 0.25) is 0 Å². The molecule has 34 heavy (non-hydrogen) atoms. The van der Waals surface area contributed by atoms with Crippen LogP contribution in [0.25, 0.3) is 0 Å². The van der Waals surface area contributed by atoms with E-state index in [2.05, 4.69) is 37.6 Å². The molecule has 3 aliphatic rings. The first-order chi connectivity index (χ1) is 16.3. The maximum atomic E-state index is 11.8. The smallest absolute Gasteiger partial charge is 0.338 e. The molecule has 0 atom stereocenters. The first-order valence-electron chi connectivity index (χ1n) is 12.0. The second-order valence-electron chi connectivity index (χ2n) is 9.86. The first kappa shape index (κ1) is 24.2. The molecular formula is C27H34N2O5. The molecule has 1 aromatic carbocycles. The molecule has 2 heterocycles. The number of esters is 2. The van der Waals surface area contributed by atoms with Crippen LogP contribution in [-0.4, -0.2) is 54.4 Å². The number of carbonyl (C=O) groups is 3. The van der Waals surface area contributed by atoms with E-state index in [0.717, 1.165) is 56.2 Å². The third kappa shape index (κ3) is 4.53. The second-order valence-corrected chi connectivity index (χ2v) is 9.86. The maximum absolute atomic E-state index is 11.8. The Kier molecular flexibility index (Phi) is 6.94. The number of allylic oxidation sites excluding steroid dienone is 1. The second kappa shape index (κ2) is 9.74. The number of rotatable bonds is 9. The topological polar surface area (TPSA) is 76.2 Å². The normalized spacial score (nSPS) is 24.2. The van der Waals surface area contributed by atoms with E-state index >= 15 is 0 Å². The molecule has 1 aromatic rings. The summed E-state index contributed by atoms with van der Waals surface area (Å²) < 4.78 is 10.3. The summed E-state index contributed by atoms with van der Waals surface area (Å²) in [5, 5.41) is 0. The van der Waals surface area contributed by atoms with Gasteiger partial charge in [0.15, 0.2) is 0 Å². The van der Waals surface area contributed by atoms with Gasteiger partial charge in [0.2, 0.25) is 6.41 Å². The Morgan fingerprint density at radius 3 is 2.44 bits per heavy atom. The fourth-order valence-electron chi connectivity index (χ4n) is 5.50. The van der Waals surface area contributed by atoms with Crippen molar-refractivity contribution in [2.75, 3.05) is 20.2 Å². The van der Waals surface area contributed by atoms with Crippen LogP contribution in [0.1, 0.15) is 66.1 Å². The monoisotopic (exact) mass is 466 g/mol. The fraction of sp³-hybridized carbons (Fsp3) is 0.519. The van der Waals surface area contributed by atoms with Crippen molar-refractivity contribution in [1.82, 2.24) is 9.80 Å². The minimum Gasteiger partial charge on any atom is -0.457 e. The van der Waals surface area contributed by atoms with Gasteiger partial charge in [0, 0.05) is 24.7 Å². The van der Waals surface area contributed by atoms with Gasteiger partial charge in [-0.2, -0.15) is 0 Å². The number of carbonyl (C=O) groups excluding carboxylic acids is 3. The Bertz CT molecular complexity index is 1040. The first-order valence-corrected chi connectivity index (χ1v) is 12.0. The van der Waals surface area contributed by atoms with Gasteiger partial charge in [0.25, 0.3) is 0 Å². The number of amides is 1. The van der Waals surface area contributed by atoms with Crippen molar-refractivity contribution in [2.45, 2.75) is 65.1 Å². The molecule has 0 spiro atoms. The average molecular weight is 467 g/mol. The largest absolute Gasteiger partial charge is 0.457 e. The molecule has 0 aromatic heterocycles. The third-order valence-corrected chi connectivity index (χ3v) is 8.11. The molecule has 0 N–H and O–H groups in total. The zero-order valence-electron chi connectivity index (χ0n) is 20.4. The Labute approximate surface area is 201 Å². The number of nitrogens with zero attached hydrogens (tertiary/aromatic N) is 2. The van der Waals surface area contributed by atoms with Gasteiger partial charge in [-0.25, -0.2) is 9.59 Å². The zero-order valence-corrected chi connectivity index (χ0v) is 20.4. The Hall–Kier alpha value is -2.93. The van der Waals surface area contributed by atoms with Gasteiger partial charge in [-0.3, -0.25) is 9.69 Å². The summed E-state index contributed by atoms with van der Waals surface area (Å²) in [5.74, 6) is -0.570. The van der Waals surface area contributed by atoms with E-state index < -0.39 is 0 Å². The molecule has 1 aliphatic carbocycles. The molecular weight excluding hydrogens is 432 g/mol. The molecule has 182 valence electrons. The molecule has 7 heteroatoms. The lowest BCUT2D eigenvalue weighted by atomic mass is 9.70. The van der Waals surface area contributed by atoms with Crippen molar-refractivity contribution < 1.29 is 23.9 Å². The van der Waals surface area contributed by atoms with Crippen molar-refractivity contribution in [3.63, 3.8) is 0 Å². The highest BCUT2D eigenvalue weighted by molar-refractivity contribution is 5.94. The van der Waals surface area contributed by atoms with Crippen LogP contribution in [0.5, 0.6) is 0 Å². The number of cyclic esters (lactones) is 2. The highest BCUT2D eigenvalue weighted by Gasteiger charge is 2.35. The number of ether oxygens (including phenoxy) is 2. The van der Waals surface area contributed by atoms with Crippen molar-refractivity contribution in [3.8, 4) is 0 Å². The van der Waals surface area contributed by atoms with Crippen molar-refractivity contribution in [1.29, 1.82) is 0 Å². The summed E-state index contributed by atoms with van der Waals surface area (Å²) in [7, 11) is 2.17. The minimum atomic E-state index is -0.346. The summed E-state index contributed by atoms with van der Waals surface area (Å²) in [6, 6.07) is 4.41. The van der Waals surface area contributed by atoms with Gasteiger partial charge in [0.05, 0.1) is 16.8 Å². The maximum Gasteiger partial charge on any atom is 0.338 e. The third-order valence-electron chi connectivity index (χ3n) is 8.11. The zero-order chi connectivity index (χ0) is 24.5. The number of fused-ring (bicyclic) bond motifs is 1. The van der Waals surface area contributed by atoms with Crippen LogP contribution in [0.3, 0.4) is 0 Å². The predicted octanol–water partition coefficient (Wildman–Crippen LogP) is 3.89. The van der Waals surface area contributed by atoms with Crippen molar-refractivity contribution in [3.05, 3.63) is 58.3 Å². The van der Waals surface area contributed by atoms with Crippen molar-refractivity contribution in [2.24, 2.45) is 5.41 Å². The summed E-state index contributed by atoms with van der Waals surface area (Å²) in [6.45, 7) is 9.83. The van der Waals surface area contributed by atoms with Crippen LogP contribution in [0.4, 0.5) is 0 Å². The van der Waals surface area contributed by atoms with E-state index in [1.54, 1.807) is 11.8 Å². The van der Waals surface area contributed by atoms with Crippen LogP contribution in [0.15, 0.2) is 36.1 Å². The van der Waals surface area contributed by atoms with E-state index in [1.807, 2.05) is 6.07 Å². The molecule has 1 amide bonds. The van der Waals surface area contributed by atoms with Gasteiger partial charge in [-0.05, 0) is 75.6 Å². The molecule has 0 saturated heterocycles. The molecule has 1 saturated carbocycles. The number of hydrogen-bond acceptors (Lipinski definition) is 6. The van der Waals surface area contributed by atoms with E-state index in [1.165, 1.54) is 5.56 Å². The van der Waals surface area contributed by atoms with Gasteiger partial charge in [-0.1, -0.05) is 12.1 Å². The lowest BCUT2D eigenvalue weighted by molar-refractivity contribution is -0.136. The Morgan fingerprint density at radius 2 is 1.82 bits per heavy atom. The molecule has 7 nitrogen and oxygen atoms in total. The van der Waals surface area contributed by atoms with Crippen LogP contribution in [0, 0.1) is 12.3 Å². The predicted molar refractivity (Wildman–Crippen MR) is 128 cm³/mol. The summed E-state index contributed by atoms with van der Waals surface area (Å²) in [5.41, 5.74) is 5.27. The Morgan fingerprint density at radius 1 is 1.12 bits per heavy atom. The standard InChI is InChI=1S/C27H34N2O5/c1-5-27(12-13-29(17-30)24-16-34-25(31)19(24)3)10-8-21(9-11-27)28(4)14-20-6-7-22-23(18(20)2)15-33-26(22)32/h5-7,17,21H,1,8-16H2,2-4H3. The van der Waals surface area contributed by atoms with Gasteiger partial charge in [0.1, 0.15) is 13.2 Å². The summed E-state index contributed by atoms with van der Waals surface area (Å²) in [4.78, 5) is 39.2. The quantitative estimate of drug-likeness (QED) is 0.312.